The Labute approximate surface area is 104 Å². The number of aryl methyl sites for hydroxylation is 1. The van der Waals surface area contributed by atoms with E-state index in [2.05, 4.69) is 4.98 Å². The lowest BCUT2D eigenvalue weighted by Gasteiger charge is -2.08. The lowest BCUT2D eigenvalue weighted by atomic mass is 10.0. The third-order valence-corrected chi connectivity index (χ3v) is 2.67. The molecule has 0 aliphatic rings. The minimum absolute atomic E-state index is 0.228. The van der Waals surface area contributed by atoms with Crippen LogP contribution >= 0.6 is 0 Å². The maximum absolute atomic E-state index is 13.9. The number of benzene rings is 1. The van der Waals surface area contributed by atoms with Crippen LogP contribution in [0.4, 0.5) is 4.39 Å². The Balaban J connectivity index is 2.57. The van der Waals surface area contributed by atoms with Gasteiger partial charge in [0.1, 0.15) is 11.6 Å². The molecule has 0 saturated carbocycles. The van der Waals surface area contributed by atoms with E-state index >= 15 is 0 Å². The van der Waals surface area contributed by atoms with Crippen molar-refractivity contribution in [1.29, 1.82) is 0 Å². The van der Waals surface area contributed by atoms with Crippen molar-refractivity contribution in [2.45, 2.75) is 6.92 Å². The number of pyridine rings is 1. The molecule has 0 radical (unpaired) electrons. The number of methoxy groups -OCH3 is 1. The maximum atomic E-state index is 13.9. The highest BCUT2D eigenvalue weighted by Gasteiger charge is 2.11. The van der Waals surface area contributed by atoms with Gasteiger partial charge in [-0.1, -0.05) is 6.07 Å². The maximum Gasteiger partial charge on any atom is 0.153 e. The van der Waals surface area contributed by atoms with Gasteiger partial charge in [-0.25, -0.2) is 4.39 Å². The number of nitrogens with zero attached hydrogens (tertiary/aromatic N) is 1. The van der Waals surface area contributed by atoms with Crippen molar-refractivity contribution in [2.24, 2.45) is 0 Å². The first kappa shape index (κ1) is 12.2. The highest BCUT2D eigenvalue weighted by atomic mass is 19.1. The van der Waals surface area contributed by atoms with Crippen LogP contribution in [-0.2, 0) is 0 Å². The number of carbonyl (C=O) groups excluding carboxylic acids is 1. The second kappa shape index (κ2) is 4.96. The van der Waals surface area contributed by atoms with Gasteiger partial charge >= 0.3 is 0 Å². The second-order valence-electron chi connectivity index (χ2n) is 3.88. The van der Waals surface area contributed by atoms with Crippen molar-refractivity contribution in [3.63, 3.8) is 0 Å². The number of ether oxygens (including phenoxy) is 1. The van der Waals surface area contributed by atoms with Crippen molar-refractivity contribution in [3.8, 4) is 16.9 Å². The smallest absolute Gasteiger partial charge is 0.153 e. The lowest BCUT2D eigenvalue weighted by Crippen LogP contribution is -1.95. The van der Waals surface area contributed by atoms with E-state index in [1.54, 1.807) is 18.3 Å². The van der Waals surface area contributed by atoms with Gasteiger partial charge in [-0.3, -0.25) is 9.78 Å². The van der Waals surface area contributed by atoms with E-state index in [-0.39, 0.29) is 5.75 Å². The summed E-state index contributed by atoms with van der Waals surface area (Å²) in [7, 11) is 1.40. The molecule has 0 fully saturated rings. The molecular weight excluding hydrogens is 233 g/mol. The molecule has 1 aromatic heterocycles. The van der Waals surface area contributed by atoms with E-state index < -0.39 is 5.82 Å². The van der Waals surface area contributed by atoms with Crippen LogP contribution in [0.2, 0.25) is 0 Å². The Morgan fingerprint density at radius 2 is 2.11 bits per heavy atom. The normalized spacial score (nSPS) is 10.2. The molecule has 2 rings (SSSR count). The van der Waals surface area contributed by atoms with Crippen LogP contribution in [0.5, 0.6) is 5.75 Å². The van der Waals surface area contributed by atoms with E-state index in [4.69, 9.17) is 4.74 Å². The lowest BCUT2D eigenvalue weighted by molar-refractivity contribution is 0.112. The molecule has 0 spiro atoms. The van der Waals surface area contributed by atoms with Crippen LogP contribution in [-0.4, -0.2) is 18.4 Å². The number of aldehydes is 1. The fraction of sp³-hybridized carbons (Fsp3) is 0.143. The molecule has 0 amide bonds. The fourth-order valence-corrected chi connectivity index (χ4v) is 1.69. The number of hydrogen-bond donors (Lipinski definition) is 0. The number of aromatic nitrogens is 1. The summed E-state index contributed by atoms with van der Waals surface area (Å²) in [5, 5.41) is 0. The van der Waals surface area contributed by atoms with Gasteiger partial charge in [0.2, 0.25) is 0 Å². The molecule has 4 heteroatoms. The third-order valence-electron chi connectivity index (χ3n) is 2.67. The standard InChI is InChI=1S/C14H12FNO2/c1-9-3-4-10(7-16-9)12-5-11(8-17)14(18-2)6-13(12)15/h3-8H,1-2H3. The van der Waals surface area contributed by atoms with Gasteiger partial charge in [-0.05, 0) is 19.1 Å². The summed E-state index contributed by atoms with van der Waals surface area (Å²) in [6.07, 6.45) is 2.22. The van der Waals surface area contributed by atoms with Gasteiger partial charge in [0.05, 0.1) is 12.7 Å². The molecule has 0 atom stereocenters. The van der Waals surface area contributed by atoms with Crippen molar-refractivity contribution in [3.05, 3.63) is 47.5 Å². The average molecular weight is 245 g/mol. The number of rotatable bonds is 3. The predicted octanol–water partition coefficient (Wildman–Crippen LogP) is 3.02. The van der Waals surface area contributed by atoms with Crippen LogP contribution in [0.15, 0.2) is 30.5 Å². The van der Waals surface area contributed by atoms with Crippen LogP contribution in [0.1, 0.15) is 16.1 Å². The summed E-state index contributed by atoms with van der Waals surface area (Å²) < 4.78 is 18.9. The molecule has 0 aliphatic carbocycles. The summed E-state index contributed by atoms with van der Waals surface area (Å²) in [5.41, 5.74) is 2.13. The zero-order valence-electron chi connectivity index (χ0n) is 10.1. The van der Waals surface area contributed by atoms with Gasteiger partial charge in [0.25, 0.3) is 0 Å². The molecule has 0 unspecified atom stereocenters. The average Bonchev–Trinajstić information content (AvgIpc) is 2.39. The second-order valence-corrected chi connectivity index (χ2v) is 3.88. The Kier molecular flexibility index (Phi) is 3.37. The van der Waals surface area contributed by atoms with E-state index in [9.17, 15) is 9.18 Å². The number of carbonyl (C=O) groups is 1. The molecule has 2 aromatic rings. The van der Waals surface area contributed by atoms with Gasteiger partial charge in [-0.15, -0.1) is 0 Å². The van der Waals surface area contributed by atoms with Crippen LogP contribution in [0.3, 0.4) is 0 Å². The third kappa shape index (κ3) is 2.22. The monoisotopic (exact) mass is 245 g/mol. The summed E-state index contributed by atoms with van der Waals surface area (Å²) in [4.78, 5) is 15.0. The van der Waals surface area contributed by atoms with Gasteiger partial charge in [0, 0.05) is 29.1 Å². The predicted molar refractivity (Wildman–Crippen MR) is 66.3 cm³/mol. The Bertz CT molecular complexity index is 579. The van der Waals surface area contributed by atoms with Crippen molar-refractivity contribution in [1.82, 2.24) is 4.98 Å². The molecule has 3 nitrogen and oxygen atoms in total. The van der Waals surface area contributed by atoms with Crippen LogP contribution < -0.4 is 4.74 Å². The van der Waals surface area contributed by atoms with Crippen molar-refractivity contribution < 1.29 is 13.9 Å². The summed E-state index contributed by atoms with van der Waals surface area (Å²) in [5.74, 6) is -0.213. The largest absolute Gasteiger partial charge is 0.496 e. The minimum Gasteiger partial charge on any atom is -0.496 e. The molecular formula is C14H12FNO2. The highest BCUT2D eigenvalue weighted by Crippen LogP contribution is 2.28. The summed E-state index contributed by atoms with van der Waals surface area (Å²) in [6, 6.07) is 6.23. The molecule has 1 heterocycles. The Morgan fingerprint density at radius 3 is 2.67 bits per heavy atom. The minimum atomic E-state index is -0.442. The molecule has 0 aliphatic heterocycles. The van der Waals surface area contributed by atoms with Crippen molar-refractivity contribution >= 4 is 6.29 Å². The van der Waals surface area contributed by atoms with E-state index in [0.717, 1.165) is 5.69 Å². The van der Waals surface area contributed by atoms with Crippen LogP contribution in [0.25, 0.3) is 11.1 Å². The molecule has 0 N–H and O–H groups in total. The fourth-order valence-electron chi connectivity index (χ4n) is 1.69. The molecule has 18 heavy (non-hydrogen) atoms. The van der Waals surface area contributed by atoms with Crippen LogP contribution in [0, 0.1) is 12.7 Å². The van der Waals surface area contributed by atoms with Gasteiger partial charge in [-0.2, -0.15) is 0 Å². The van der Waals surface area contributed by atoms with Gasteiger partial charge in [0.15, 0.2) is 6.29 Å². The Morgan fingerprint density at radius 1 is 1.33 bits per heavy atom. The summed E-state index contributed by atoms with van der Waals surface area (Å²) >= 11 is 0. The number of halogens is 1. The first-order valence-electron chi connectivity index (χ1n) is 5.41. The van der Waals surface area contributed by atoms with Crippen molar-refractivity contribution in [2.75, 3.05) is 7.11 Å². The van der Waals surface area contributed by atoms with Gasteiger partial charge < -0.3 is 4.74 Å². The first-order valence-corrected chi connectivity index (χ1v) is 5.41. The molecule has 0 bridgehead atoms. The number of hydrogen-bond acceptors (Lipinski definition) is 3. The SMILES string of the molecule is COc1cc(F)c(-c2ccc(C)nc2)cc1C=O. The van der Waals surface area contributed by atoms with E-state index in [1.807, 2.05) is 6.92 Å². The molecule has 1 aromatic carbocycles. The van der Waals surface area contributed by atoms with E-state index in [1.165, 1.54) is 19.2 Å². The molecule has 92 valence electrons. The molecule has 0 saturated heterocycles. The zero-order valence-corrected chi connectivity index (χ0v) is 10.1. The van der Waals surface area contributed by atoms with E-state index in [0.29, 0.717) is 23.0 Å². The first-order chi connectivity index (χ1) is 8.65. The Hall–Kier alpha value is -2.23. The topological polar surface area (TPSA) is 39.2 Å². The zero-order chi connectivity index (χ0) is 13.1. The highest BCUT2D eigenvalue weighted by molar-refractivity contribution is 5.83. The quantitative estimate of drug-likeness (QED) is 0.780. The summed E-state index contributed by atoms with van der Waals surface area (Å²) in [6.45, 7) is 1.85.